The maximum Gasteiger partial charge on any atom is 0.418 e. The summed E-state index contributed by atoms with van der Waals surface area (Å²) in [4.78, 5) is 32.9. The Labute approximate surface area is 213 Å². The molecular weight excluding hydrogens is 456 g/mol. The Bertz CT molecular complexity index is 1170. The third-order valence-corrected chi connectivity index (χ3v) is 9.06. The smallest absolute Gasteiger partial charge is 0.418 e. The predicted octanol–water partition coefficient (Wildman–Crippen LogP) is 4.15. The van der Waals surface area contributed by atoms with Crippen LogP contribution in [0.15, 0.2) is 18.2 Å². The first-order valence-corrected chi connectivity index (χ1v) is 13.7. The van der Waals surface area contributed by atoms with Crippen LogP contribution in [0.3, 0.4) is 0 Å². The molecule has 1 saturated carbocycles. The number of nitrogens with zero attached hydrogens (tertiary/aromatic N) is 4. The van der Waals surface area contributed by atoms with Gasteiger partial charge in [-0.1, -0.05) is 13.3 Å². The molecule has 1 aliphatic carbocycles. The molecule has 5 atom stereocenters. The molecule has 2 aromatic rings. The number of likely N-dealkylation sites (N-methyl/N-ethyl adjacent to an activating group) is 1. The Morgan fingerprint density at radius 3 is 2.58 bits per heavy atom. The van der Waals surface area contributed by atoms with E-state index in [0.717, 1.165) is 49.1 Å². The van der Waals surface area contributed by atoms with Gasteiger partial charge in [0.25, 0.3) is 0 Å². The molecule has 194 valence electrons. The summed E-state index contributed by atoms with van der Waals surface area (Å²) in [5, 5.41) is 1.01. The molecule has 4 aliphatic heterocycles. The number of piperidine rings is 2. The van der Waals surface area contributed by atoms with Crippen molar-refractivity contribution in [1.29, 1.82) is 0 Å². The van der Waals surface area contributed by atoms with Crippen LogP contribution in [-0.2, 0) is 11.2 Å². The number of hydrogen-bond donors (Lipinski definition) is 0. The molecule has 3 saturated heterocycles. The lowest BCUT2D eigenvalue weighted by molar-refractivity contribution is -0.0141. The average Bonchev–Trinajstić information content (AvgIpc) is 3.15. The first-order chi connectivity index (χ1) is 17.5. The van der Waals surface area contributed by atoms with Crippen LogP contribution < -0.4 is 4.74 Å². The van der Waals surface area contributed by atoms with E-state index in [1.54, 1.807) is 4.90 Å². The van der Waals surface area contributed by atoms with Gasteiger partial charge in [0.15, 0.2) is 0 Å². The molecule has 5 heterocycles. The Hall–Kier alpha value is -2.58. The third-order valence-electron chi connectivity index (χ3n) is 9.06. The largest absolute Gasteiger partial charge is 0.449 e. The van der Waals surface area contributed by atoms with Crippen LogP contribution in [0.1, 0.15) is 50.3 Å². The van der Waals surface area contributed by atoms with Gasteiger partial charge in [0.2, 0.25) is 0 Å². The Morgan fingerprint density at radius 2 is 1.83 bits per heavy atom. The third kappa shape index (κ3) is 3.89. The number of amides is 1. The summed E-state index contributed by atoms with van der Waals surface area (Å²) in [5.74, 6) is 2.22. The minimum atomic E-state index is -0.302. The van der Waals surface area contributed by atoms with Crippen LogP contribution in [-0.4, -0.2) is 90.4 Å². The van der Waals surface area contributed by atoms with Gasteiger partial charge in [-0.05, 0) is 68.8 Å². The maximum atomic E-state index is 13.3. The minimum absolute atomic E-state index is 0.297. The summed E-state index contributed by atoms with van der Waals surface area (Å²) in [7, 11) is 2.07. The molecule has 1 amide bonds. The van der Waals surface area contributed by atoms with E-state index >= 15 is 0 Å². The van der Waals surface area contributed by atoms with Gasteiger partial charge in [-0.2, -0.15) is 0 Å². The lowest BCUT2D eigenvalue weighted by atomic mass is 9.65. The number of carbonyl (C=O) groups is 2. The molecule has 4 bridgehead atoms. The summed E-state index contributed by atoms with van der Waals surface area (Å²) in [5.41, 5.74) is 3.23. The Kier molecular flexibility index (Phi) is 6.20. The highest BCUT2D eigenvalue weighted by Crippen LogP contribution is 2.52. The van der Waals surface area contributed by atoms with Gasteiger partial charge < -0.3 is 19.3 Å². The Morgan fingerprint density at radius 1 is 1.03 bits per heavy atom. The quantitative estimate of drug-likeness (QED) is 0.639. The SMILES string of the molecule is CCOC(=O)n1c2c(c3cc(OC(=O)N4CCN(C)CC4)ccc31)CCN1C[C@H]3CC(CC)C1[C@H]2C3. The normalized spacial score (nSPS) is 29.6. The van der Waals surface area contributed by atoms with E-state index in [9.17, 15) is 9.59 Å². The topological polar surface area (TPSA) is 67.2 Å². The molecule has 8 nitrogen and oxygen atoms in total. The number of ether oxygens (including phenoxy) is 2. The number of piperazine rings is 1. The van der Waals surface area contributed by atoms with Crippen LogP contribution in [0.25, 0.3) is 10.9 Å². The van der Waals surface area contributed by atoms with Gasteiger partial charge in [0.1, 0.15) is 5.75 Å². The second-order valence-corrected chi connectivity index (χ2v) is 11.1. The molecule has 0 spiro atoms. The second kappa shape index (κ2) is 9.38. The summed E-state index contributed by atoms with van der Waals surface area (Å²) in [6.45, 7) is 9.73. The van der Waals surface area contributed by atoms with Crippen LogP contribution in [0, 0.1) is 11.8 Å². The molecule has 0 N–H and O–H groups in total. The van der Waals surface area contributed by atoms with Crippen molar-refractivity contribution < 1.29 is 19.1 Å². The highest BCUT2D eigenvalue weighted by molar-refractivity contribution is 5.95. The summed E-state index contributed by atoms with van der Waals surface area (Å²) < 4.78 is 13.3. The predicted molar refractivity (Wildman–Crippen MR) is 138 cm³/mol. The van der Waals surface area contributed by atoms with E-state index in [-0.39, 0.29) is 12.2 Å². The summed E-state index contributed by atoms with van der Waals surface area (Å²) in [6, 6.07) is 6.20. The standard InChI is InChI=1S/C28H38N4O4/c1-4-19-14-18-15-23-25(19)31(17-18)9-8-21-22-16-20(36-27(33)30-12-10-29(3)11-13-30)6-7-24(22)32(26(21)23)28(34)35-5-2/h6-7,16,18-19,23,25H,4-5,8-15,17H2,1-3H3/t18-,19?,23+,25?/m0/s1. The van der Waals surface area contributed by atoms with Crippen LogP contribution >= 0.6 is 0 Å². The van der Waals surface area contributed by atoms with E-state index in [1.807, 2.05) is 29.7 Å². The van der Waals surface area contributed by atoms with Gasteiger partial charge in [-0.25, -0.2) is 14.2 Å². The fraction of sp³-hybridized carbons (Fsp3) is 0.643. The van der Waals surface area contributed by atoms with Gasteiger partial charge >= 0.3 is 12.2 Å². The second-order valence-electron chi connectivity index (χ2n) is 11.1. The molecule has 8 heteroatoms. The van der Waals surface area contributed by atoms with Crippen molar-refractivity contribution >= 4 is 23.1 Å². The maximum absolute atomic E-state index is 13.3. The lowest BCUT2D eigenvalue weighted by Gasteiger charge is -2.53. The molecule has 1 aromatic carbocycles. The highest BCUT2D eigenvalue weighted by Gasteiger charge is 2.50. The molecular formula is C28H38N4O4. The zero-order valence-corrected chi connectivity index (χ0v) is 21.7. The van der Waals surface area contributed by atoms with Crippen molar-refractivity contribution in [3.8, 4) is 5.75 Å². The van der Waals surface area contributed by atoms with Crippen LogP contribution in [0.5, 0.6) is 5.75 Å². The van der Waals surface area contributed by atoms with E-state index in [0.29, 0.717) is 49.2 Å². The molecule has 1 aromatic heterocycles. The van der Waals surface area contributed by atoms with Crippen molar-refractivity contribution in [2.45, 2.75) is 51.5 Å². The number of aromatic nitrogens is 1. The van der Waals surface area contributed by atoms with Gasteiger partial charge in [0.05, 0.1) is 12.1 Å². The van der Waals surface area contributed by atoms with E-state index in [2.05, 4.69) is 23.8 Å². The van der Waals surface area contributed by atoms with E-state index in [1.165, 1.54) is 24.9 Å². The van der Waals surface area contributed by atoms with Crippen LogP contribution in [0.4, 0.5) is 9.59 Å². The van der Waals surface area contributed by atoms with E-state index in [4.69, 9.17) is 9.47 Å². The number of fused-ring (bicyclic) bond motifs is 4. The molecule has 36 heavy (non-hydrogen) atoms. The molecule has 0 radical (unpaired) electrons. The monoisotopic (exact) mass is 494 g/mol. The molecule has 5 aliphatic rings. The fourth-order valence-corrected chi connectivity index (χ4v) is 7.43. The zero-order chi connectivity index (χ0) is 25.0. The van der Waals surface area contributed by atoms with Crippen molar-refractivity contribution in [3.63, 3.8) is 0 Å². The summed E-state index contributed by atoms with van der Waals surface area (Å²) >= 11 is 0. The average molecular weight is 495 g/mol. The van der Waals surface area contributed by atoms with Crippen molar-refractivity contribution in [1.82, 2.24) is 19.3 Å². The van der Waals surface area contributed by atoms with Crippen LogP contribution in [0.2, 0.25) is 0 Å². The highest BCUT2D eigenvalue weighted by atomic mass is 16.6. The number of benzene rings is 1. The van der Waals surface area contributed by atoms with Gasteiger partial charge in [0, 0.05) is 62.3 Å². The number of carbonyl (C=O) groups excluding carboxylic acids is 2. The first kappa shape index (κ1) is 23.8. The molecule has 4 fully saturated rings. The lowest BCUT2D eigenvalue weighted by Crippen LogP contribution is -2.56. The molecule has 7 rings (SSSR count). The van der Waals surface area contributed by atoms with Gasteiger partial charge in [-0.3, -0.25) is 4.90 Å². The van der Waals surface area contributed by atoms with Crippen molar-refractivity contribution in [2.24, 2.45) is 11.8 Å². The van der Waals surface area contributed by atoms with Crippen molar-refractivity contribution in [3.05, 3.63) is 29.5 Å². The summed E-state index contributed by atoms with van der Waals surface area (Å²) in [6.07, 6.45) is 3.90. The van der Waals surface area contributed by atoms with Gasteiger partial charge in [-0.15, -0.1) is 0 Å². The number of hydrogen-bond acceptors (Lipinski definition) is 6. The minimum Gasteiger partial charge on any atom is -0.449 e. The van der Waals surface area contributed by atoms with E-state index < -0.39 is 0 Å². The number of rotatable bonds is 3. The molecule has 3 unspecified atom stereocenters. The van der Waals surface area contributed by atoms with Crippen molar-refractivity contribution in [2.75, 3.05) is 52.9 Å². The Balaban J connectivity index is 1.40. The fourth-order valence-electron chi connectivity index (χ4n) is 7.43. The first-order valence-electron chi connectivity index (χ1n) is 13.7. The zero-order valence-electron chi connectivity index (χ0n) is 21.7.